The Hall–Kier alpha value is -2.32. The summed E-state index contributed by atoms with van der Waals surface area (Å²) in [6.45, 7) is 1.91. The van der Waals surface area contributed by atoms with Gasteiger partial charge in [0.2, 0.25) is 5.91 Å². The molecule has 1 aliphatic heterocycles. The van der Waals surface area contributed by atoms with E-state index in [1.54, 1.807) is 13.2 Å². The zero-order valence-corrected chi connectivity index (χ0v) is 14.6. The fraction of sp³-hybridized carbons (Fsp3) is 0.235. The van der Waals surface area contributed by atoms with Crippen LogP contribution in [0.2, 0.25) is 5.02 Å². The third-order valence-electron chi connectivity index (χ3n) is 3.92. The standard InChI is InChI=1S/C17H20ClN5O2/c1-10-3-4-12(9-14(10)18)20-17(24)15-16(22-23-21-15)19-11-5-7-13(25-2)8-6-11/h3-9,15-16,19,21-23H,1-2H3,(H,20,24). The SMILES string of the molecule is COc1ccc(NC2NNNC2C(=O)Nc2ccc(C)c(Cl)c2)cc1. The van der Waals surface area contributed by atoms with Gasteiger partial charge in [0.15, 0.2) is 0 Å². The number of carbonyl (C=O) groups is 1. The van der Waals surface area contributed by atoms with Crippen LogP contribution in [0.25, 0.3) is 0 Å². The van der Waals surface area contributed by atoms with E-state index in [-0.39, 0.29) is 12.1 Å². The minimum atomic E-state index is -0.526. The van der Waals surface area contributed by atoms with Gasteiger partial charge in [0.05, 0.1) is 7.11 Å². The average molecular weight is 362 g/mol. The van der Waals surface area contributed by atoms with Crippen LogP contribution in [0.4, 0.5) is 11.4 Å². The summed E-state index contributed by atoms with van der Waals surface area (Å²) in [6.07, 6.45) is -0.339. The first-order valence-corrected chi connectivity index (χ1v) is 8.18. The lowest BCUT2D eigenvalue weighted by molar-refractivity contribution is -0.118. The molecule has 132 valence electrons. The highest BCUT2D eigenvalue weighted by Gasteiger charge is 2.32. The van der Waals surface area contributed by atoms with Gasteiger partial charge < -0.3 is 15.4 Å². The van der Waals surface area contributed by atoms with Crippen molar-refractivity contribution in [2.24, 2.45) is 0 Å². The van der Waals surface area contributed by atoms with E-state index in [4.69, 9.17) is 16.3 Å². The van der Waals surface area contributed by atoms with E-state index in [0.717, 1.165) is 17.0 Å². The Morgan fingerprint density at radius 1 is 1.12 bits per heavy atom. The number of hydrogen-bond acceptors (Lipinski definition) is 6. The van der Waals surface area contributed by atoms with Gasteiger partial charge in [-0.05, 0) is 48.9 Å². The maximum absolute atomic E-state index is 12.6. The van der Waals surface area contributed by atoms with Crippen molar-refractivity contribution >= 4 is 28.9 Å². The van der Waals surface area contributed by atoms with Crippen LogP contribution in [0.1, 0.15) is 5.56 Å². The largest absolute Gasteiger partial charge is 0.497 e. The Morgan fingerprint density at radius 3 is 2.52 bits per heavy atom. The third kappa shape index (κ3) is 4.21. The molecule has 0 spiro atoms. The molecule has 2 aromatic rings. The predicted octanol–water partition coefficient (Wildman–Crippen LogP) is 2.01. The quantitative estimate of drug-likeness (QED) is 0.560. The molecule has 0 aliphatic carbocycles. The smallest absolute Gasteiger partial charge is 0.246 e. The Labute approximate surface area is 151 Å². The van der Waals surface area contributed by atoms with Gasteiger partial charge in [-0.1, -0.05) is 17.7 Å². The number of methoxy groups -OCH3 is 1. The number of amides is 1. The Balaban J connectivity index is 1.65. The molecule has 2 aromatic carbocycles. The number of halogens is 1. The summed E-state index contributed by atoms with van der Waals surface area (Å²) in [4.78, 5) is 12.6. The van der Waals surface area contributed by atoms with Crippen LogP contribution in [0.15, 0.2) is 42.5 Å². The van der Waals surface area contributed by atoms with Crippen molar-refractivity contribution in [2.75, 3.05) is 17.7 Å². The molecule has 0 saturated carbocycles. The number of hydrogen-bond donors (Lipinski definition) is 5. The van der Waals surface area contributed by atoms with Crippen LogP contribution >= 0.6 is 11.6 Å². The van der Waals surface area contributed by atoms with Gasteiger partial charge in [-0.25, -0.2) is 10.9 Å². The number of anilines is 2. The first-order chi connectivity index (χ1) is 12.1. The molecule has 8 heteroatoms. The van der Waals surface area contributed by atoms with E-state index in [1.807, 2.05) is 43.3 Å². The van der Waals surface area contributed by atoms with Gasteiger partial charge in [0.25, 0.3) is 0 Å². The summed E-state index contributed by atoms with van der Waals surface area (Å²) < 4.78 is 5.14. The first kappa shape index (κ1) is 17.5. The molecule has 2 unspecified atom stereocenters. The van der Waals surface area contributed by atoms with Crippen molar-refractivity contribution in [3.05, 3.63) is 53.1 Å². The topological polar surface area (TPSA) is 86.5 Å². The van der Waals surface area contributed by atoms with Gasteiger partial charge in [-0.3, -0.25) is 4.79 Å². The second kappa shape index (κ2) is 7.71. The highest BCUT2D eigenvalue weighted by atomic mass is 35.5. The molecular weight excluding hydrogens is 342 g/mol. The first-order valence-electron chi connectivity index (χ1n) is 7.80. The Morgan fingerprint density at radius 2 is 1.84 bits per heavy atom. The molecule has 3 rings (SSSR count). The minimum Gasteiger partial charge on any atom is -0.497 e. The zero-order chi connectivity index (χ0) is 17.8. The van der Waals surface area contributed by atoms with Crippen molar-refractivity contribution in [1.29, 1.82) is 0 Å². The fourth-order valence-electron chi connectivity index (χ4n) is 2.46. The summed E-state index contributed by atoms with van der Waals surface area (Å²) in [5, 5.41) is 6.72. The highest BCUT2D eigenvalue weighted by molar-refractivity contribution is 6.31. The van der Waals surface area contributed by atoms with Gasteiger partial charge in [-0.15, -0.1) is 0 Å². The molecule has 2 atom stereocenters. The van der Waals surface area contributed by atoms with Crippen molar-refractivity contribution in [3.63, 3.8) is 0 Å². The molecule has 0 radical (unpaired) electrons. The van der Waals surface area contributed by atoms with Crippen LogP contribution < -0.4 is 31.8 Å². The molecule has 25 heavy (non-hydrogen) atoms. The van der Waals surface area contributed by atoms with E-state index >= 15 is 0 Å². The molecule has 1 fully saturated rings. The number of aryl methyl sites for hydroxylation is 1. The maximum atomic E-state index is 12.6. The highest BCUT2D eigenvalue weighted by Crippen LogP contribution is 2.21. The second-order valence-electron chi connectivity index (χ2n) is 5.70. The predicted molar refractivity (Wildman–Crippen MR) is 98.4 cm³/mol. The van der Waals surface area contributed by atoms with E-state index in [0.29, 0.717) is 10.7 Å². The van der Waals surface area contributed by atoms with E-state index in [2.05, 4.69) is 27.0 Å². The Kier molecular flexibility index (Phi) is 5.40. The maximum Gasteiger partial charge on any atom is 0.246 e. The summed E-state index contributed by atoms with van der Waals surface area (Å²) in [7, 11) is 1.62. The fourth-order valence-corrected chi connectivity index (χ4v) is 2.64. The number of hydrazine groups is 2. The number of carbonyl (C=O) groups excluding carboxylic acids is 1. The second-order valence-corrected chi connectivity index (χ2v) is 6.10. The lowest BCUT2D eigenvalue weighted by atomic mass is 10.2. The van der Waals surface area contributed by atoms with E-state index in [9.17, 15) is 4.79 Å². The number of ether oxygens (including phenoxy) is 1. The van der Waals surface area contributed by atoms with Crippen molar-refractivity contribution in [2.45, 2.75) is 19.1 Å². The van der Waals surface area contributed by atoms with Crippen LogP contribution in [0.5, 0.6) is 5.75 Å². The van der Waals surface area contributed by atoms with Crippen LogP contribution in [0, 0.1) is 6.92 Å². The molecule has 0 aromatic heterocycles. The lowest BCUT2D eigenvalue weighted by Gasteiger charge is -2.20. The number of rotatable bonds is 5. The van der Waals surface area contributed by atoms with Crippen LogP contribution in [0.3, 0.4) is 0 Å². The average Bonchev–Trinajstić information content (AvgIpc) is 3.07. The lowest BCUT2D eigenvalue weighted by Crippen LogP contribution is -2.47. The normalized spacial score (nSPS) is 19.5. The summed E-state index contributed by atoms with van der Waals surface area (Å²) in [5.41, 5.74) is 11.1. The monoisotopic (exact) mass is 361 g/mol. The van der Waals surface area contributed by atoms with Gasteiger partial charge >= 0.3 is 0 Å². The molecule has 5 N–H and O–H groups in total. The zero-order valence-electron chi connectivity index (χ0n) is 13.9. The van der Waals surface area contributed by atoms with Crippen LogP contribution in [-0.4, -0.2) is 25.2 Å². The van der Waals surface area contributed by atoms with Gasteiger partial charge in [0, 0.05) is 16.4 Å². The van der Waals surface area contributed by atoms with Gasteiger partial charge in [0.1, 0.15) is 18.0 Å². The Bertz CT molecular complexity index is 753. The minimum absolute atomic E-state index is 0.191. The molecule has 1 saturated heterocycles. The molecule has 0 bridgehead atoms. The molecular formula is C17H20ClN5O2. The van der Waals surface area contributed by atoms with Crippen molar-refractivity contribution in [1.82, 2.24) is 16.4 Å². The van der Waals surface area contributed by atoms with E-state index in [1.165, 1.54) is 0 Å². The summed E-state index contributed by atoms with van der Waals surface area (Å²) in [6, 6.07) is 12.4. The van der Waals surface area contributed by atoms with Crippen molar-refractivity contribution in [3.8, 4) is 5.75 Å². The molecule has 1 heterocycles. The number of benzene rings is 2. The third-order valence-corrected chi connectivity index (χ3v) is 4.33. The van der Waals surface area contributed by atoms with E-state index < -0.39 is 6.04 Å². The molecule has 1 amide bonds. The van der Waals surface area contributed by atoms with Gasteiger partial charge in [-0.2, -0.15) is 5.53 Å². The molecule has 1 aliphatic rings. The summed E-state index contributed by atoms with van der Waals surface area (Å²) >= 11 is 6.10. The summed E-state index contributed by atoms with van der Waals surface area (Å²) in [5.74, 6) is 0.579. The van der Waals surface area contributed by atoms with Crippen molar-refractivity contribution < 1.29 is 9.53 Å². The molecule has 7 nitrogen and oxygen atoms in total. The number of nitrogens with one attached hydrogen (secondary N) is 5. The van der Waals surface area contributed by atoms with Crippen LogP contribution in [-0.2, 0) is 4.79 Å².